The third kappa shape index (κ3) is 2.90. The number of aromatic nitrogens is 4. The van der Waals surface area contributed by atoms with E-state index in [1.54, 1.807) is 6.07 Å². The van der Waals surface area contributed by atoms with E-state index in [1.165, 1.54) is 29.1 Å². The first-order chi connectivity index (χ1) is 8.90. The van der Waals surface area contributed by atoms with Gasteiger partial charge in [-0.1, -0.05) is 0 Å². The molecule has 2 aromatic heterocycles. The summed E-state index contributed by atoms with van der Waals surface area (Å²) in [7, 11) is -0.277. The summed E-state index contributed by atoms with van der Waals surface area (Å²) in [4.78, 5) is 15.2. The van der Waals surface area contributed by atoms with Gasteiger partial charge in [0.1, 0.15) is 12.1 Å². The SMILES string of the molecule is CN(C)S(=O)(=O)CCNc1cc2n[nH]c(=O)n2cn1. The molecule has 2 aromatic rings. The summed E-state index contributed by atoms with van der Waals surface area (Å²) in [5, 5.41) is 8.94. The van der Waals surface area contributed by atoms with Crippen molar-refractivity contribution in [2.75, 3.05) is 31.7 Å². The van der Waals surface area contributed by atoms with Gasteiger partial charge < -0.3 is 5.32 Å². The van der Waals surface area contributed by atoms with Crippen molar-refractivity contribution < 1.29 is 8.42 Å². The summed E-state index contributed by atoms with van der Waals surface area (Å²) in [6, 6.07) is 1.56. The van der Waals surface area contributed by atoms with Crippen LogP contribution in [0.1, 0.15) is 0 Å². The number of hydrogen-bond acceptors (Lipinski definition) is 6. The average Bonchev–Trinajstić information content (AvgIpc) is 2.70. The minimum absolute atomic E-state index is 0.0414. The van der Waals surface area contributed by atoms with Gasteiger partial charge in [0.2, 0.25) is 10.0 Å². The number of anilines is 1. The number of sulfonamides is 1. The molecule has 9 nitrogen and oxygen atoms in total. The van der Waals surface area contributed by atoms with Gasteiger partial charge >= 0.3 is 5.69 Å². The molecule has 0 aliphatic carbocycles. The van der Waals surface area contributed by atoms with E-state index in [-0.39, 0.29) is 18.0 Å². The molecule has 0 saturated carbocycles. The monoisotopic (exact) mass is 286 g/mol. The normalized spacial score (nSPS) is 12.2. The molecule has 10 heteroatoms. The molecule has 0 aliphatic heterocycles. The molecule has 2 rings (SSSR count). The van der Waals surface area contributed by atoms with Gasteiger partial charge in [-0.3, -0.25) is 0 Å². The van der Waals surface area contributed by atoms with Crippen molar-refractivity contribution in [2.45, 2.75) is 0 Å². The van der Waals surface area contributed by atoms with Crippen LogP contribution in [0.25, 0.3) is 5.65 Å². The Labute approximate surface area is 109 Å². The van der Waals surface area contributed by atoms with E-state index in [2.05, 4.69) is 20.5 Å². The topological polar surface area (TPSA) is 112 Å². The molecule has 0 fully saturated rings. The first kappa shape index (κ1) is 13.5. The lowest BCUT2D eigenvalue weighted by Crippen LogP contribution is -2.28. The number of nitrogens with zero attached hydrogens (tertiary/aromatic N) is 4. The average molecular weight is 286 g/mol. The summed E-state index contributed by atoms with van der Waals surface area (Å²) < 4.78 is 25.5. The van der Waals surface area contributed by atoms with Crippen LogP contribution in [-0.2, 0) is 10.0 Å². The Morgan fingerprint density at radius 1 is 1.47 bits per heavy atom. The van der Waals surface area contributed by atoms with Gasteiger partial charge in [-0.2, -0.15) is 5.10 Å². The van der Waals surface area contributed by atoms with E-state index in [1.807, 2.05) is 0 Å². The van der Waals surface area contributed by atoms with E-state index >= 15 is 0 Å². The van der Waals surface area contributed by atoms with E-state index in [0.717, 1.165) is 0 Å². The smallest absolute Gasteiger partial charge is 0.348 e. The molecule has 0 aliphatic rings. The van der Waals surface area contributed by atoms with Crippen LogP contribution < -0.4 is 11.0 Å². The highest BCUT2D eigenvalue weighted by atomic mass is 32.2. The fourth-order valence-corrected chi connectivity index (χ4v) is 2.12. The van der Waals surface area contributed by atoms with E-state index in [9.17, 15) is 13.2 Å². The lowest BCUT2D eigenvalue weighted by molar-refractivity contribution is 0.521. The second-order valence-corrected chi connectivity index (χ2v) is 6.36. The highest BCUT2D eigenvalue weighted by Crippen LogP contribution is 2.04. The molecule has 0 unspecified atom stereocenters. The molecular formula is C9H14N6O3S. The summed E-state index contributed by atoms with van der Waals surface area (Å²) in [6.07, 6.45) is 1.32. The zero-order valence-electron chi connectivity index (χ0n) is 10.5. The van der Waals surface area contributed by atoms with Crippen molar-refractivity contribution in [1.82, 2.24) is 23.9 Å². The van der Waals surface area contributed by atoms with Crippen LogP contribution >= 0.6 is 0 Å². The third-order valence-corrected chi connectivity index (χ3v) is 4.37. The fraction of sp³-hybridized carbons (Fsp3) is 0.444. The maximum Gasteiger partial charge on any atom is 0.348 e. The maximum atomic E-state index is 11.5. The molecule has 0 amide bonds. The molecule has 2 heterocycles. The number of hydrogen-bond donors (Lipinski definition) is 2. The van der Waals surface area contributed by atoms with Crippen molar-refractivity contribution in [3.63, 3.8) is 0 Å². The standard InChI is InChI=1S/C9H14N6O3S/c1-14(2)19(17,18)4-3-10-7-5-8-12-13-9(16)15(8)6-11-7/h5-6,10H,3-4H2,1-2H3,(H,13,16). The van der Waals surface area contributed by atoms with Crippen LogP contribution in [-0.4, -0.2) is 58.7 Å². The highest BCUT2D eigenvalue weighted by molar-refractivity contribution is 7.89. The van der Waals surface area contributed by atoms with Crippen molar-refractivity contribution in [3.8, 4) is 0 Å². The Hall–Kier alpha value is -1.94. The van der Waals surface area contributed by atoms with Crippen LogP contribution in [0.3, 0.4) is 0 Å². The van der Waals surface area contributed by atoms with Crippen molar-refractivity contribution in [1.29, 1.82) is 0 Å². The second-order valence-electron chi connectivity index (χ2n) is 4.06. The summed E-state index contributed by atoms with van der Waals surface area (Å²) in [5.41, 5.74) is 0.0437. The third-order valence-electron chi connectivity index (χ3n) is 2.53. The van der Waals surface area contributed by atoms with Crippen LogP contribution in [0.15, 0.2) is 17.2 Å². The first-order valence-electron chi connectivity index (χ1n) is 5.47. The Kier molecular flexibility index (Phi) is 3.53. The minimum Gasteiger partial charge on any atom is -0.369 e. The minimum atomic E-state index is -3.24. The summed E-state index contributed by atoms with van der Waals surface area (Å²) in [6.45, 7) is 0.221. The van der Waals surface area contributed by atoms with Gasteiger partial charge in [-0.25, -0.2) is 32.0 Å². The molecule has 0 saturated heterocycles. The van der Waals surface area contributed by atoms with Crippen molar-refractivity contribution >= 4 is 21.5 Å². The molecule has 19 heavy (non-hydrogen) atoms. The molecule has 2 N–H and O–H groups in total. The van der Waals surface area contributed by atoms with Crippen LogP contribution in [0.4, 0.5) is 5.82 Å². The second kappa shape index (κ2) is 4.97. The summed E-state index contributed by atoms with van der Waals surface area (Å²) in [5.74, 6) is 0.417. The van der Waals surface area contributed by atoms with Gasteiger partial charge in [-0.05, 0) is 0 Å². The predicted molar refractivity (Wildman–Crippen MR) is 69.6 cm³/mol. The summed E-state index contributed by atoms with van der Waals surface area (Å²) >= 11 is 0. The fourth-order valence-electron chi connectivity index (χ4n) is 1.40. The van der Waals surface area contributed by atoms with Crippen LogP contribution in [0.2, 0.25) is 0 Å². The van der Waals surface area contributed by atoms with Gasteiger partial charge in [-0.15, -0.1) is 0 Å². The maximum absolute atomic E-state index is 11.5. The lowest BCUT2D eigenvalue weighted by Gasteiger charge is -2.11. The number of H-pyrrole nitrogens is 1. The van der Waals surface area contributed by atoms with E-state index in [4.69, 9.17) is 0 Å². The van der Waals surface area contributed by atoms with Gasteiger partial charge in [0.15, 0.2) is 5.65 Å². The molecule has 0 atom stereocenters. The predicted octanol–water partition coefficient (Wildman–Crippen LogP) is -1.28. The Morgan fingerprint density at radius 3 is 2.89 bits per heavy atom. The lowest BCUT2D eigenvalue weighted by atomic mass is 10.5. The van der Waals surface area contributed by atoms with Crippen LogP contribution in [0.5, 0.6) is 0 Å². The van der Waals surface area contributed by atoms with Crippen molar-refractivity contribution in [2.24, 2.45) is 0 Å². The van der Waals surface area contributed by atoms with E-state index < -0.39 is 10.0 Å². The number of fused-ring (bicyclic) bond motifs is 1. The van der Waals surface area contributed by atoms with Crippen molar-refractivity contribution in [3.05, 3.63) is 22.9 Å². The molecule has 0 aromatic carbocycles. The van der Waals surface area contributed by atoms with Gasteiger partial charge in [0.25, 0.3) is 0 Å². The molecule has 0 spiro atoms. The molecule has 104 valence electrons. The Balaban J connectivity index is 2.04. The van der Waals surface area contributed by atoms with Crippen LogP contribution in [0, 0.1) is 0 Å². The number of rotatable bonds is 5. The Morgan fingerprint density at radius 2 is 2.21 bits per heavy atom. The Bertz CT molecular complexity index is 732. The molecular weight excluding hydrogens is 272 g/mol. The zero-order chi connectivity index (χ0) is 14.0. The first-order valence-corrected chi connectivity index (χ1v) is 7.08. The van der Waals surface area contributed by atoms with Gasteiger partial charge in [0, 0.05) is 26.7 Å². The quantitative estimate of drug-likeness (QED) is 0.708. The highest BCUT2D eigenvalue weighted by Gasteiger charge is 2.12. The zero-order valence-corrected chi connectivity index (χ0v) is 11.3. The molecule has 0 radical (unpaired) electrons. The van der Waals surface area contributed by atoms with E-state index in [0.29, 0.717) is 11.5 Å². The van der Waals surface area contributed by atoms with Gasteiger partial charge in [0.05, 0.1) is 5.75 Å². The largest absolute Gasteiger partial charge is 0.369 e. The molecule has 0 bridgehead atoms. The number of nitrogens with one attached hydrogen (secondary N) is 2. The number of aromatic amines is 1.